The van der Waals surface area contributed by atoms with Gasteiger partial charge in [0.15, 0.2) is 5.78 Å². The molecular weight excluding hydrogens is 407 g/mol. The second kappa shape index (κ2) is 8.72. The second-order valence-corrected chi connectivity index (χ2v) is 8.62. The van der Waals surface area contributed by atoms with E-state index in [9.17, 15) is 14.0 Å². The number of carbonyl (C=O) groups excluding carboxylic acids is 2. The van der Waals surface area contributed by atoms with E-state index in [1.54, 1.807) is 18.2 Å². The molecule has 0 atom stereocenters. The van der Waals surface area contributed by atoms with Crippen LogP contribution in [0.15, 0.2) is 30.3 Å². The highest BCUT2D eigenvalue weighted by Crippen LogP contribution is 2.43. The Morgan fingerprint density at radius 1 is 1.07 bits per heavy atom. The van der Waals surface area contributed by atoms with Crippen molar-refractivity contribution in [3.05, 3.63) is 63.7 Å². The third-order valence-electron chi connectivity index (χ3n) is 6.11. The maximum absolute atomic E-state index is 13.4. The Kier molecular flexibility index (Phi) is 6.04. The standard InChI is InChI=1S/C23H24ClFN2O3/c24-19-11-16(7-10-20(19)25)13-1-5-15(6-2-13)22(28)21-18(14-3-4-14)9-8-17(27-21)12-30-23(26)29/h7-11,13-15H,1-6,12H2,(H2,26,29). The van der Waals surface area contributed by atoms with Crippen molar-refractivity contribution in [1.29, 1.82) is 0 Å². The first-order chi connectivity index (χ1) is 14.4. The quantitative estimate of drug-likeness (QED) is 0.613. The van der Waals surface area contributed by atoms with Crippen LogP contribution < -0.4 is 5.73 Å². The van der Waals surface area contributed by atoms with E-state index in [4.69, 9.17) is 22.1 Å². The highest BCUT2D eigenvalue weighted by molar-refractivity contribution is 6.30. The van der Waals surface area contributed by atoms with E-state index in [0.717, 1.165) is 49.7 Å². The Labute approximate surface area is 179 Å². The number of rotatable bonds is 6. The summed E-state index contributed by atoms with van der Waals surface area (Å²) < 4.78 is 18.3. The number of hydrogen-bond acceptors (Lipinski definition) is 4. The second-order valence-electron chi connectivity index (χ2n) is 8.21. The Morgan fingerprint density at radius 3 is 2.40 bits per heavy atom. The van der Waals surface area contributed by atoms with Crippen molar-refractivity contribution in [2.45, 2.75) is 57.0 Å². The summed E-state index contributed by atoms with van der Waals surface area (Å²) in [6.07, 6.45) is 4.48. The minimum Gasteiger partial charge on any atom is -0.443 e. The monoisotopic (exact) mass is 430 g/mol. The van der Waals surface area contributed by atoms with Gasteiger partial charge in [0.1, 0.15) is 18.1 Å². The molecule has 7 heteroatoms. The summed E-state index contributed by atoms with van der Waals surface area (Å²) >= 11 is 5.93. The van der Waals surface area contributed by atoms with Crippen LogP contribution in [0.4, 0.5) is 9.18 Å². The summed E-state index contributed by atoms with van der Waals surface area (Å²) in [5.74, 6) is 0.226. The van der Waals surface area contributed by atoms with E-state index in [1.165, 1.54) is 6.07 Å². The smallest absolute Gasteiger partial charge is 0.404 e. The number of pyridine rings is 1. The zero-order valence-electron chi connectivity index (χ0n) is 16.6. The average molecular weight is 431 g/mol. The number of Topliss-reactive ketones (excluding diaryl/α,β-unsaturated/α-hetero) is 1. The van der Waals surface area contributed by atoms with Crippen molar-refractivity contribution in [2.24, 2.45) is 11.7 Å². The van der Waals surface area contributed by atoms with Gasteiger partial charge in [0.25, 0.3) is 0 Å². The topological polar surface area (TPSA) is 82.3 Å². The summed E-state index contributed by atoms with van der Waals surface area (Å²) in [5, 5.41) is 0.138. The molecule has 2 N–H and O–H groups in total. The summed E-state index contributed by atoms with van der Waals surface area (Å²) in [4.78, 5) is 28.7. The molecule has 2 fully saturated rings. The van der Waals surface area contributed by atoms with Crippen molar-refractivity contribution in [3.63, 3.8) is 0 Å². The van der Waals surface area contributed by atoms with Crippen LogP contribution in [-0.2, 0) is 11.3 Å². The summed E-state index contributed by atoms with van der Waals surface area (Å²) in [6, 6.07) is 8.61. The maximum atomic E-state index is 13.4. The Bertz CT molecular complexity index is 969. The average Bonchev–Trinajstić information content (AvgIpc) is 3.59. The van der Waals surface area contributed by atoms with Gasteiger partial charge in [0.05, 0.1) is 10.7 Å². The molecule has 2 aliphatic carbocycles. The third kappa shape index (κ3) is 4.64. The fraction of sp³-hybridized carbons (Fsp3) is 0.435. The van der Waals surface area contributed by atoms with Gasteiger partial charge < -0.3 is 10.5 Å². The molecule has 158 valence electrons. The summed E-state index contributed by atoms with van der Waals surface area (Å²) in [6.45, 7) is -0.0430. The lowest BCUT2D eigenvalue weighted by molar-refractivity contribution is 0.0876. The van der Waals surface area contributed by atoms with Crippen molar-refractivity contribution in [2.75, 3.05) is 0 Å². The fourth-order valence-electron chi connectivity index (χ4n) is 4.31. The van der Waals surface area contributed by atoms with Crippen LogP contribution in [0.1, 0.15) is 77.7 Å². The molecule has 0 saturated heterocycles. The van der Waals surface area contributed by atoms with Crippen molar-refractivity contribution in [3.8, 4) is 0 Å². The lowest BCUT2D eigenvalue weighted by Gasteiger charge is -2.28. The molecular formula is C23H24ClFN2O3. The number of aromatic nitrogens is 1. The minimum atomic E-state index is -0.866. The molecule has 5 nitrogen and oxygen atoms in total. The minimum absolute atomic E-state index is 0.0430. The third-order valence-corrected chi connectivity index (χ3v) is 6.40. The Balaban J connectivity index is 1.47. The first-order valence-corrected chi connectivity index (χ1v) is 10.7. The van der Waals surface area contributed by atoms with E-state index < -0.39 is 11.9 Å². The first-order valence-electron chi connectivity index (χ1n) is 10.3. The molecule has 0 radical (unpaired) electrons. The van der Waals surface area contributed by atoms with Crippen LogP contribution in [0.3, 0.4) is 0 Å². The van der Waals surface area contributed by atoms with Gasteiger partial charge in [-0.15, -0.1) is 0 Å². The molecule has 1 heterocycles. The molecule has 0 aliphatic heterocycles. The molecule has 0 spiro atoms. The lowest BCUT2D eigenvalue weighted by atomic mass is 9.76. The molecule has 1 amide bonds. The summed E-state index contributed by atoms with van der Waals surface area (Å²) in [5.41, 5.74) is 8.09. The van der Waals surface area contributed by atoms with E-state index >= 15 is 0 Å². The molecule has 30 heavy (non-hydrogen) atoms. The molecule has 2 aromatic rings. The highest BCUT2D eigenvalue weighted by atomic mass is 35.5. The molecule has 1 aromatic heterocycles. The lowest BCUT2D eigenvalue weighted by Crippen LogP contribution is -2.24. The Hall–Kier alpha value is -2.47. The van der Waals surface area contributed by atoms with Gasteiger partial charge in [-0.3, -0.25) is 4.79 Å². The first kappa shape index (κ1) is 20.8. The zero-order valence-corrected chi connectivity index (χ0v) is 17.3. The van der Waals surface area contributed by atoms with Crippen LogP contribution in [0, 0.1) is 11.7 Å². The van der Waals surface area contributed by atoms with Gasteiger partial charge in [0, 0.05) is 5.92 Å². The molecule has 4 rings (SSSR count). The SMILES string of the molecule is NC(=O)OCc1ccc(C2CC2)c(C(=O)C2CCC(c3ccc(F)c(Cl)c3)CC2)n1. The fourth-order valence-corrected chi connectivity index (χ4v) is 4.49. The number of nitrogens with two attached hydrogens (primary N) is 1. The molecule has 0 bridgehead atoms. The van der Waals surface area contributed by atoms with Crippen LogP contribution >= 0.6 is 11.6 Å². The predicted molar refractivity (Wildman–Crippen MR) is 111 cm³/mol. The molecule has 0 unspecified atom stereocenters. The van der Waals surface area contributed by atoms with Gasteiger partial charge in [0.2, 0.25) is 0 Å². The van der Waals surface area contributed by atoms with Gasteiger partial charge in [-0.05, 0) is 79.7 Å². The van der Waals surface area contributed by atoms with Gasteiger partial charge in [-0.1, -0.05) is 23.7 Å². The van der Waals surface area contributed by atoms with Gasteiger partial charge >= 0.3 is 6.09 Å². The predicted octanol–water partition coefficient (Wildman–Crippen LogP) is 5.50. The van der Waals surface area contributed by atoms with E-state index in [2.05, 4.69) is 4.98 Å². The normalized spacial score (nSPS) is 21.3. The number of hydrogen-bond donors (Lipinski definition) is 1. The van der Waals surface area contributed by atoms with Crippen molar-refractivity contribution >= 4 is 23.5 Å². The van der Waals surface area contributed by atoms with Crippen molar-refractivity contribution < 1.29 is 18.7 Å². The van der Waals surface area contributed by atoms with E-state index in [0.29, 0.717) is 17.3 Å². The van der Waals surface area contributed by atoms with Crippen LogP contribution in [0.25, 0.3) is 0 Å². The number of amides is 1. The van der Waals surface area contributed by atoms with Crippen LogP contribution in [-0.4, -0.2) is 16.9 Å². The highest BCUT2D eigenvalue weighted by Gasteiger charge is 2.34. The number of halogens is 2. The van der Waals surface area contributed by atoms with Crippen LogP contribution in [0.5, 0.6) is 0 Å². The van der Waals surface area contributed by atoms with Gasteiger partial charge in [-0.2, -0.15) is 0 Å². The molecule has 2 saturated carbocycles. The Morgan fingerprint density at radius 2 is 1.77 bits per heavy atom. The largest absolute Gasteiger partial charge is 0.443 e. The van der Waals surface area contributed by atoms with Crippen molar-refractivity contribution in [1.82, 2.24) is 4.98 Å². The van der Waals surface area contributed by atoms with E-state index in [-0.39, 0.29) is 29.2 Å². The number of primary amides is 1. The maximum Gasteiger partial charge on any atom is 0.404 e. The zero-order chi connectivity index (χ0) is 21.3. The molecule has 1 aromatic carbocycles. The molecule has 2 aliphatic rings. The number of nitrogens with zero attached hydrogens (tertiary/aromatic N) is 1. The number of ketones is 1. The number of benzene rings is 1. The van der Waals surface area contributed by atoms with E-state index in [1.807, 2.05) is 6.07 Å². The van der Waals surface area contributed by atoms with Gasteiger partial charge in [-0.25, -0.2) is 14.2 Å². The number of carbonyl (C=O) groups is 2. The van der Waals surface area contributed by atoms with Crippen LogP contribution in [0.2, 0.25) is 5.02 Å². The number of ether oxygens (including phenoxy) is 1. The summed E-state index contributed by atoms with van der Waals surface area (Å²) in [7, 11) is 0.